The van der Waals surface area contributed by atoms with E-state index in [1.54, 1.807) is 5.57 Å². The van der Waals surface area contributed by atoms with Gasteiger partial charge in [-0.3, -0.25) is 0 Å². The Bertz CT molecular complexity index is 413. The Morgan fingerprint density at radius 2 is 1.84 bits per heavy atom. The molecule has 0 aromatic carbocycles. The van der Waals surface area contributed by atoms with Crippen LogP contribution in [-0.4, -0.2) is 21.9 Å². The molecule has 4 aliphatic rings. The van der Waals surface area contributed by atoms with Crippen LogP contribution in [0.3, 0.4) is 0 Å². The molecule has 2 N–H and O–H groups in total. The standard InChI is InChI=1S/C17H26O2/c18-16-10-12-4-1-2-6-13(12)15-9-8-11-5-3-7-14(11)17(15,16)19/h11-12,14,16,18-19H,1-10H2. The number of aliphatic hydroxyl groups is 2. The maximum Gasteiger partial charge on any atom is 0.115 e. The van der Waals surface area contributed by atoms with Crippen molar-refractivity contribution in [3.63, 3.8) is 0 Å². The third kappa shape index (κ3) is 1.62. The zero-order chi connectivity index (χ0) is 13.0. The van der Waals surface area contributed by atoms with Crippen LogP contribution in [0.25, 0.3) is 0 Å². The van der Waals surface area contributed by atoms with E-state index in [1.807, 2.05) is 0 Å². The second-order valence-electron chi connectivity index (χ2n) is 7.36. The topological polar surface area (TPSA) is 40.5 Å². The summed E-state index contributed by atoms with van der Waals surface area (Å²) in [6.07, 6.45) is 11.3. The third-order valence-electron chi connectivity index (χ3n) is 6.62. The predicted molar refractivity (Wildman–Crippen MR) is 74.6 cm³/mol. The molecule has 4 aliphatic carbocycles. The molecule has 4 rings (SSSR count). The summed E-state index contributed by atoms with van der Waals surface area (Å²) in [5, 5.41) is 22.0. The van der Waals surface area contributed by atoms with E-state index in [1.165, 1.54) is 50.5 Å². The summed E-state index contributed by atoms with van der Waals surface area (Å²) in [6, 6.07) is 0. The van der Waals surface area contributed by atoms with E-state index in [2.05, 4.69) is 0 Å². The van der Waals surface area contributed by atoms with Gasteiger partial charge in [0.15, 0.2) is 0 Å². The second-order valence-corrected chi connectivity index (χ2v) is 7.36. The van der Waals surface area contributed by atoms with Gasteiger partial charge in [0.05, 0.1) is 6.10 Å². The molecule has 0 heterocycles. The molecule has 0 radical (unpaired) electrons. The van der Waals surface area contributed by atoms with Crippen molar-refractivity contribution in [1.82, 2.24) is 0 Å². The largest absolute Gasteiger partial charge is 0.390 e. The van der Waals surface area contributed by atoms with Crippen LogP contribution in [0.2, 0.25) is 0 Å². The fourth-order valence-corrected chi connectivity index (χ4v) is 5.77. The lowest BCUT2D eigenvalue weighted by atomic mass is 9.57. The smallest absolute Gasteiger partial charge is 0.115 e. The lowest BCUT2D eigenvalue weighted by Gasteiger charge is -2.52. The van der Waals surface area contributed by atoms with Gasteiger partial charge in [0.25, 0.3) is 0 Å². The van der Waals surface area contributed by atoms with Crippen molar-refractivity contribution >= 4 is 0 Å². The van der Waals surface area contributed by atoms with E-state index in [9.17, 15) is 10.2 Å². The number of hydrogen-bond donors (Lipinski definition) is 2. The van der Waals surface area contributed by atoms with Gasteiger partial charge >= 0.3 is 0 Å². The Morgan fingerprint density at radius 1 is 0.947 bits per heavy atom. The van der Waals surface area contributed by atoms with Crippen molar-refractivity contribution in [3.8, 4) is 0 Å². The van der Waals surface area contributed by atoms with Crippen molar-refractivity contribution < 1.29 is 10.2 Å². The Balaban J connectivity index is 1.80. The first kappa shape index (κ1) is 12.4. The third-order valence-corrected chi connectivity index (χ3v) is 6.62. The van der Waals surface area contributed by atoms with Crippen LogP contribution in [0.5, 0.6) is 0 Å². The van der Waals surface area contributed by atoms with Crippen molar-refractivity contribution in [2.45, 2.75) is 75.9 Å². The van der Waals surface area contributed by atoms with Crippen molar-refractivity contribution in [2.24, 2.45) is 17.8 Å². The van der Waals surface area contributed by atoms with Crippen LogP contribution in [0.4, 0.5) is 0 Å². The SMILES string of the molecule is OC1CC2CCCCC2=C2CCC3CCCC3C21O. The average molecular weight is 262 g/mol. The summed E-state index contributed by atoms with van der Waals surface area (Å²) >= 11 is 0. The number of hydrogen-bond acceptors (Lipinski definition) is 2. The molecular weight excluding hydrogens is 236 g/mol. The van der Waals surface area contributed by atoms with Crippen LogP contribution in [0, 0.1) is 17.8 Å². The molecule has 0 bridgehead atoms. The predicted octanol–water partition coefficient (Wildman–Crippen LogP) is 3.18. The van der Waals surface area contributed by atoms with E-state index in [0.29, 0.717) is 17.8 Å². The van der Waals surface area contributed by atoms with Crippen molar-refractivity contribution in [3.05, 3.63) is 11.1 Å². The molecule has 3 fully saturated rings. The summed E-state index contributed by atoms with van der Waals surface area (Å²) in [5.41, 5.74) is 2.01. The first-order chi connectivity index (χ1) is 9.21. The van der Waals surface area contributed by atoms with E-state index < -0.39 is 11.7 Å². The Kier molecular flexibility index (Phi) is 2.82. The summed E-state index contributed by atoms with van der Waals surface area (Å²) < 4.78 is 0. The second kappa shape index (κ2) is 4.33. The quantitative estimate of drug-likeness (QED) is 0.658. The highest BCUT2D eigenvalue weighted by Gasteiger charge is 2.56. The summed E-state index contributed by atoms with van der Waals surface area (Å²) in [6.45, 7) is 0. The van der Waals surface area contributed by atoms with E-state index in [-0.39, 0.29) is 0 Å². The maximum atomic E-state index is 11.4. The van der Waals surface area contributed by atoms with Gasteiger partial charge in [-0.25, -0.2) is 0 Å². The number of fused-ring (bicyclic) bond motifs is 4. The van der Waals surface area contributed by atoms with Gasteiger partial charge in [0.2, 0.25) is 0 Å². The average Bonchev–Trinajstić information content (AvgIpc) is 2.89. The fourth-order valence-electron chi connectivity index (χ4n) is 5.77. The molecule has 2 heteroatoms. The molecule has 2 nitrogen and oxygen atoms in total. The zero-order valence-corrected chi connectivity index (χ0v) is 11.8. The molecule has 0 aliphatic heterocycles. The molecule has 5 unspecified atom stereocenters. The van der Waals surface area contributed by atoms with Gasteiger partial charge in [0, 0.05) is 0 Å². The number of allylic oxidation sites excluding steroid dienone is 1. The Morgan fingerprint density at radius 3 is 2.74 bits per heavy atom. The molecule has 0 aromatic heterocycles. The molecule has 3 saturated carbocycles. The first-order valence-electron chi connectivity index (χ1n) is 8.34. The van der Waals surface area contributed by atoms with Crippen molar-refractivity contribution in [2.75, 3.05) is 0 Å². The van der Waals surface area contributed by atoms with Crippen LogP contribution in [0.1, 0.15) is 64.2 Å². The van der Waals surface area contributed by atoms with Crippen LogP contribution < -0.4 is 0 Å². The van der Waals surface area contributed by atoms with Crippen molar-refractivity contribution in [1.29, 1.82) is 0 Å². The highest BCUT2D eigenvalue weighted by molar-refractivity contribution is 5.36. The molecule has 19 heavy (non-hydrogen) atoms. The monoisotopic (exact) mass is 262 g/mol. The minimum atomic E-state index is -0.845. The van der Waals surface area contributed by atoms with Gasteiger partial charge in [0.1, 0.15) is 5.60 Å². The number of rotatable bonds is 0. The van der Waals surface area contributed by atoms with Gasteiger partial charge in [-0.15, -0.1) is 0 Å². The minimum absolute atomic E-state index is 0.349. The van der Waals surface area contributed by atoms with E-state index in [4.69, 9.17) is 0 Å². The van der Waals surface area contributed by atoms with E-state index in [0.717, 1.165) is 19.3 Å². The fraction of sp³-hybridized carbons (Fsp3) is 0.882. The lowest BCUT2D eigenvalue weighted by molar-refractivity contribution is -0.124. The Hall–Kier alpha value is -0.340. The Labute approximate surface area is 115 Å². The van der Waals surface area contributed by atoms with Gasteiger partial charge < -0.3 is 10.2 Å². The highest BCUT2D eigenvalue weighted by atomic mass is 16.3. The molecule has 0 saturated heterocycles. The van der Waals surface area contributed by atoms with Crippen LogP contribution >= 0.6 is 0 Å². The van der Waals surface area contributed by atoms with Crippen LogP contribution in [-0.2, 0) is 0 Å². The van der Waals surface area contributed by atoms with Gasteiger partial charge in [-0.1, -0.05) is 24.8 Å². The number of aliphatic hydroxyl groups excluding tert-OH is 1. The van der Waals surface area contributed by atoms with Crippen LogP contribution in [0.15, 0.2) is 11.1 Å². The van der Waals surface area contributed by atoms with Gasteiger partial charge in [-0.05, 0) is 68.3 Å². The summed E-state index contributed by atoms with van der Waals surface area (Å²) in [5.74, 6) is 1.60. The normalized spacial score (nSPS) is 49.6. The lowest BCUT2D eigenvalue weighted by Crippen LogP contribution is -2.57. The van der Waals surface area contributed by atoms with Gasteiger partial charge in [-0.2, -0.15) is 0 Å². The minimum Gasteiger partial charge on any atom is -0.390 e. The molecule has 5 atom stereocenters. The summed E-state index contributed by atoms with van der Waals surface area (Å²) in [7, 11) is 0. The molecule has 106 valence electrons. The van der Waals surface area contributed by atoms with E-state index >= 15 is 0 Å². The molecular formula is C17H26O2. The maximum absolute atomic E-state index is 11.4. The molecule has 0 aromatic rings. The molecule has 0 spiro atoms. The summed E-state index contributed by atoms with van der Waals surface area (Å²) in [4.78, 5) is 0. The highest BCUT2D eigenvalue weighted by Crippen LogP contribution is 2.57. The first-order valence-corrected chi connectivity index (χ1v) is 8.34. The molecule has 0 amide bonds. The zero-order valence-electron chi connectivity index (χ0n) is 11.8.